The van der Waals surface area contributed by atoms with Gasteiger partial charge in [0.05, 0.1) is 6.20 Å². The number of hydrogen-bond donors (Lipinski definition) is 5. The van der Waals surface area contributed by atoms with Gasteiger partial charge < -0.3 is 21.3 Å². The third-order valence-corrected chi connectivity index (χ3v) is 6.87. The van der Waals surface area contributed by atoms with Gasteiger partial charge in [0, 0.05) is 30.1 Å². The highest BCUT2D eigenvalue weighted by Gasteiger charge is 2.61. The zero-order chi connectivity index (χ0) is 25.0. The number of carbonyl (C=O) groups is 3. The summed E-state index contributed by atoms with van der Waals surface area (Å²) in [5.41, 5.74) is 1.10. The van der Waals surface area contributed by atoms with Crippen molar-refractivity contribution in [3.05, 3.63) is 17.5 Å². The number of anilines is 2. The van der Waals surface area contributed by atoms with Gasteiger partial charge in [-0.2, -0.15) is 19.6 Å². The first-order valence-electron chi connectivity index (χ1n) is 12.1. The van der Waals surface area contributed by atoms with Crippen molar-refractivity contribution in [3.63, 3.8) is 0 Å². The Bertz CT molecular complexity index is 1280. The van der Waals surface area contributed by atoms with Gasteiger partial charge in [0.2, 0.25) is 17.8 Å². The predicted octanol–water partition coefficient (Wildman–Crippen LogP) is 1.37. The van der Waals surface area contributed by atoms with E-state index >= 15 is 0 Å². The van der Waals surface area contributed by atoms with Crippen molar-refractivity contribution < 1.29 is 23.2 Å². The van der Waals surface area contributed by atoms with Gasteiger partial charge in [-0.3, -0.25) is 14.9 Å². The topological polar surface area (TPSA) is 154 Å². The molecule has 6 rings (SSSR count). The number of hydrogen-bond acceptors (Lipinski definition) is 8. The van der Waals surface area contributed by atoms with E-state index in [4.69, 9.17) is 0 Å². The summed E-state index contributed by atoms with van der Waals surface area (Å²) in [6, 6.07) is -0.363. The van der Waals surface area contributed by atoms with Crippen LogP contribution in [0.1, 0.15) is 50.5 Å². The van der Waals surface area contributed by atoms with Crippen LogP contribution in [0.5, 0.6) is 0 Å². The third kappa shape index (κ3) is 4.54. The Labute approximate surface area is 203 Å². The fourth-order valence-electron chi connectivity index (χ4n) is 4.57. The monoisotopic (exact) mass is 501 g/mol. The average molecular weight is 501 g/mol. The molecule has 1 unspecified atom stereocenters. The van der Waals surface area contributed by atoms with E-state index in [1.165, 1.54) is 6.08 Å². The molecule has 190 valence electrons. The lowest BCUT2D eigenvalue weighted by Gasteiger charge is -2.29. The van der Waals surface area contributed by atoms with Gasteiger partial charge in [-0.1, -0.05) is 0 Å². The van der Waals surface area contributed by atoms with E-state index in [9.17, 15) is 23.2 Å². The molecule has 14 heteroatoms. The smallest absolute Gasteiger partial charge is 0.326 e. The first kappa shape index (κ1) is 22.6. The normalized spacial score (nSPS) is 28.1. The highest BCUT2D eigenvalue weighted by atomic mass is 19.3. The van der Waals surface area contributed by atoms with Crippen LogP contribution in [0, 0.1) is 5.92 Å². The van der Waals surface area contributed by atoms with E-state index < -0.39 is 29.7 Å². The fourth-order valence-corrected chi connectivity index (χ4v) is 4.57. The van der Waals surface area contributed by atoms with Gasteiger partial charge >= 0.3 is 6.03 Å². The highest BCUT2D eigenvalue weighted by molar-refractivity contribution is 6.14. The van der Waals surface area contributed by atoms with Crippen LogP contribution in [0.15, 0.2) is 11.9 Å². The van der Waals surface area contributed by atoms with E-state index in [2.05, 4.69) is 41.7 Å². The average Bonchev–Trinajstić information content (AvgIpc) is 3.68. The van der Waals surface area contributed by atoms with E-state index in [0.717, 1.165) is 12.8 Å². The molecule has 3 heterocycles. The number of nitrogens with zero attached hydrogens (tertiary/aromatic N) is 4. The Balaban J connectivity index is 1.17. The van der Waals surface area contributed by atoms with Gasteiger partial charge in [-0.05, 0) is 44.6 Å². The molecular formula is C22H25F2N9O3. The maximum atomic E-state index is 13.1. The molecule has 2 aromatic heterocycles. The minimum atomic E-state index is -2.86. The summed E-state index contributed by atoms with van der Waals surface area (Å²) in [6.07, 6.45) is 7.51. The Morgan fingerprint density at radius 3 is 2.33 bits per heavy atom. The largest absolute Gasteiger partial charge is 0.353 e. The molecule has 4 amide bonds. The molecule has 3 aliphatic carbocycles. The Morgan fingerprint density at radius 1 is 1.03 bits per heavy atom. The number of carbonyl (C=O) groups excluding carboxylic acids is 3. The number of imide groups is 1. The van der Waals surface area contributed by atoms with Crippen molar-refractivity contribution in [2.24, 2.45) is 5.92 Å². The second-order valence-corrected chi connectivity index (χ2v) is 9.81. The van der Waals surface area contributed by atoms with Gasteiger partial charge in [0.1, 0.15) is 11.6 Å². The highest BCUT2D eigenvalue weighted by Crippen LogP contribution is 2.48. The molecule has 0 spiro atoms. The fraction of sp³-hybridized carbons (Fsp3) is 0.545. The lowest BCUT2D eigenvalue weighted by atomic mass is 9.91. The summed E-state index contributed by atoms with van der Waals surface area (Å²) in [7, 11) is 0. The SMILES string of the molecule is O=C1NC(=O)/C(=C/c2cnn3c(NC4CC4)nc(N[C@H]4CC[C@H](NC(=O)C5CC5(F)F)CC4)nc23)N1. The van der Waals surface area contributed by atoms with Crippen LogP contribution in [-0.2, 0) is 9.59 Å². The summed E-state index contributed by atoms with van der Waals surface area (Å²) >= 11 is 0. The van der Waals surface area contributed by atoms with Crippen molar-refractivity contribution in [2.45, 2.75) is 69.0 Å². The van der Waals surface area contributed by atoms with Crippen LogP contribution >= 0.6 is 0 Å². The first-order valence-corrected chi connectivity index (χ1v) is 12.1. The molecule has 36 heavy (non-hydrogen) atoms. The maximum Gasteiger partial charge on any atom is 0.326 e. The standard InChI is InChI=1S/C22H25F2N9O3/c23-22(24)8-14(22)17(34)26-11-1-3-12(4-2-11)27-19-30-16-10(7-15-18(35)31-21(36)29-15)9-25-33(16)20(32-19)28-13-5-6-13/h7,9,11-14H,1-6,8H2,(H,26,34)(H2,27,28,30,32)(H2,29,31,35,36)/b15-7-/t11-,12-,14?. The number of amides is 4. The van der Waals surface area contributed by atoms with Crippen molar-refractivity contribution in [1.29, 1.82) is 0 Å². The lowest BCUT2D eigenvalue weighted by Crippen LogP contribution is -2.41. The quantitative estimate of drug-likeness (QED) is 0.282. The van der Waals surface area contributed by atoms with Gasteiger partial charge in [-0.15, -0.1) is 0 Å². The van der Waals surface area contributed by atoms with Crippen LogP contribution < -0.4 is 26.6 Å². The summed E-state index contributed by atoms with van der Waals surface area (Å²) in [6.45, 7) is 0. The summed E-state index contributed by atoms with van der Waals surface area (Å²) in [5.74, 6) is -4.24. The minimum absolute atomic E-state index is 0.0429. The molecule has 3 saturated carbocycles. The first-order chi connectivity index (χ1) is 17.2. The van der Waals surface area contributed by atoms with Crippen LogP contribution in [-0.4, -0.2) is 61.5 Å². The number of aromatic nitrogens is 4. The van der Waals surface area contributed by atoms with Crippen molar-refractivity contribution in [3.8, 4) is 0 Å². The molecule has 1 atom stereocenters. The molecule has 0 aromatic carbocycles. The maximum absolute atomic E-state index is 13.1. The van der Waals surface area contributed by atoms with E-state index in [0.29, 0.717) is 54.8 Å². The van der Waals surface area contributed by atoms with Gasteiger partial charge in [0.15, 0.2) is 5.65 Å². The van der Waals surface area contributed by atoms with Crippen LogP contribution in [0.4, 0.5) is 25.5 Å². The van der Waals surface area contributed by atoms with E-state index in [1.807, 2.05) is 0 Å². The van der Waals surface area contributed by atoms with Gasteiger partial charge in [0.25, 0.3) is 11.8 Å². The zero-order valence-corrected chi connectivity index (χ0v) is 19.2. The molecule has 2 aromatic rings. The summed E-state index contributed by atoms with van der Waals surface area (Å²) in [4.78, 5) is 44.6. The number of rotatable bonds is 7. The minimum Gasteiger partial charge on any atom is -0.353 e. The number of halogens is 2. The molecule has 5 N–H and O–H groups in total. The Hall–Kier alpha value is -3.84. The van der Waals surface area contributed by atoms with Crippen molar-refractivity contribution in [2.75, 3.05) is 10.6 Å². The molecular weight excluding hydrogens is 476 g/mol. The zero-order valence-electron chi connectivity index (χ0n) is 19.2. The predicted molar refractivity (Wildman–Crippen MR) is 123 cm³/mol. The van der Waals surface area contributed by atoms with E-state index in [1.54, 1.807) is 10.7 Å². The van der Waals surface area contributed by atoms with Crippen LogP contribution in [0.2, 0.25) is 0 Å². The number of urea groups is 1. The Morgan fingerprint density at radius 2 is 1.69 bits per heavy atom. The van der Waals surface area contributed by atoms with Crippen LogP contribution in [0.25, 0.3) is 11.7 Å². The third-order valence-electron chi connectivity index (χ3n) is 6.87. The summed E-state index contributed by atoms with van der Waals surface area (Å²) < 4.78 is 27.9. The molecule has 0 radical (unpaired) electrons. The lowest BCUT2D eigenvalue weighted by molar-refractivity contribution is -0.125. The number of fused-ring (bicyclic) bond motifs is 1. The number of alkyl halides is 2. The summed E-state index contributed by atoms with van der Waals surface area (Å²) in [5, 5.41) is 18.4. The molecule has 12 nitrogen and oxygen atoms in total. The number of nitrogens with one attached hydrogen (secondary N) is 5. The van der Waals surface area contributed by atoms with Crippen molar-refractivity contribution in [1.82, 2.24) is 35.5 Å². The Kier molecular flexibility index (Phi) is 5.26. The van der Waals surface area contributed by atoms with E-state index in [-0.39, 0.29) is 24.2 Å². The molecule has 1 aliphatic heterocycles. The van der Waals surface area contributed by atoms with Gasteiger partial charge in [-0.25, -0.2) is 13.6 Å². The second-order valence-electron chi connectivity index (χ2n) is 9.81. The van der Waals surface area contributed by atoms with Crippen molar-refractivity contribution >= 4 is 41.5 Å². The molecule has 1 saturated heterocycles. The van der Waals surface area contributed by atoms with Crippen LogP contribution in [0.3, 0.4) is 0 Å². The molecule has 4 fully saturated rings. The molecule has 4 aliphatic rings. The molecule has 0 bridgehead atoms. The second kappa shape index (κ2) is 8.38.